The summed E-state index contributed by atoms with van der Waals surface area (Å²) in [5, 5.41) is 54.1. The van der Waals surface area contributed by atoms with Crippen LogP contribution in [0.4, 0.5) is 43.9 Å². The van der Waals surface area contributed by atoms with Gasteiger partial charge in [-0.05, 0) is 154 Å². The van der Waals surface area contributed by atoms with Gasteiger partial charge in [0.05, 0.1) is 80.8 Å². The maximum absolute atomic E-state index is 14.6. The molecule has 17 fully saturated rings. The van der Waals surface area contributed by atoms with E-state index in [1.807, 2.05) is 0 Å². The third-order valence-corrected chi connectivity index (χ3v) is 32.0. The van der Waals surface area contributed by atoms with Gasteiger partial charge in [-0.15, -0.1) is 0 Å². The van der Waals surface area contributed by atoms with Crippen molar-refractivity contribution in [3.8, 4) is 0 Å². The molecule has 0 aromatic carbocycles. The fourth-order valence-electron chi connectivity index (χ4n) is 24.9. The Morgan fingerprint density at radius 2 is 0.547 bits per heavy atom. The molecule has 12 saturated carbocycles. The SMILES string of the molecule is CC(=O)OC1C2CC3C1OC(=O)C3C2C(=O)OC(C1CCCCC1)C(F)(F)C(=O)[O-].CC(C)(C)C(=O)OC1C2CC3C1OC(=O)C3C2C(=O)OC(C1CCCCC1)C(F)(F)C(=O)[O-].CC(C)(C)C(=O)OC1C2CC3C1OC(=O)C3C2C(=O)OCC(F)(F)C(=O)[O-].CC(C)C(OC(=O)C1C2CC3C(OC(=O)C31)C2OC(=O)C(C)(C)C)C(F)(F)C(=O)[O-].CC(OC(=O)C1C2CC3C(OC(=O)C31)C2OC(=O)C(C)(C)C)C(F)(F)C(=O)[O-]. The van der Waals surface area contributed by atoms with Gasteiger partial charge in [0.1, 0.15) is 90.9 Å². The number of hydrogen-bond donors (Lipinski definition) is 0. The Hall–Kier alpha value is -11.3. The molecule has 148 heavy (non-hydrogen) atoms. The molecule has 17 rings (SSSR count). The van der Waals surface area contributed by atoms with E-state index in [1.54, 1.807) is 83.1 Å². The lowest BCUT2D eigenvalue weighted by molar-refractivity contribution is -0.339. The second-order valence-corrected chi connectivity index (χ2v) is 46.1. The summed E-state index contributed by atoms with van der Waals surface area (Å²) in [6.07, 6.45) is -9.51. The molecule has 5 saturated heterocycles. The predicted octanol–water partition coefficient (Wildman–Crippen LogP) is 2.69. The first kappa shape index (κ1) is 114. The van der Waals surface area contributed by atoms with Gasteiger partial charge in [-0.1, -0.05) is 52.4 Å². The van der Waals surface area contributed by atoms with Gasteiger partial charge in [0.15, 0.2) is 31.0 Å². The van der Waals surface area contributed by atoms with Crippen molar-refractivity contribution in [3.05, 3.63) is 0 Å². The molecule has 0 amide bonds. The van der Waals surface area contributed by atoms with Gasteiger partial charge in [-0.25, -0.2) is 0 Å². The van der Waals surface area contributed by atoms with E-state index in [0.717, 1.165) is 19.8 Å². The first-order chi connectivity index (χ1) is 68.2. The fourth-order valence-corrected chi connectivity index (χ4v) is 24.9. The Balaban J connectivity index is 0.000000155. The second kappa shape index (κ2) is 41.1. The Bertz CT molecular complexity index is 5270. The largest absolute Gasteiger partial charge is 0.544 e. The maximum Gasteiger partial charge on any atom is 0.323 e. The highest BCUT2D eigenvalue weighted by molar-refractivity contribution is 5.92. The number of hydrogen-bond acceptors (Lipinski definition) is 40. The van der Waals surface area contributed by atoms with Crippen LogP contribution in [0.2, 0.25) is 0 Å². The number of carbonyl (C=O) groups excluding carboxylic acids is 20. The molecule has 5 aliphatic heterocycles. The Labute approximate surface area is 839 Å². The molecule has 824 valence electrons. The van der Waals surface area contributed by atoms with E-state index in [2.05, 4.69) is 9.47 Å². The smallest absolute Gasteiger partial charge is 0.323 e. The van der Waals surface area contributed by atoms with Crippen LogP contribution >= 0.6 is 0 Å². The summed E-state index contributed by atoms with van der Waals surface area (Å²) in [6.45, 7) is 22.5. The zero-order chi connectivity index (χ0) is 110. The lowest BCUT2D eigenvalue weighted by Crippen LogP contribution is -2.55. The number of carbonyl (C=O) groups is 20. The molecule has 5 heterocycles. The number of carboxylic acids is 5. The fraction of sp³-hybridized carbons (Fsp3) is 0.796. The highest BCUT2D eigenvalue weighted by Gasteiger charge is 2.77. The standard InChI is InChI=1S/C23H30F2O8.C20H24F2O8.C20H26F2O8.C18H22F2O8.C17H20F2O8/c1-22(2,3)21(30)32-16-12-9-11-13(18(26)31-15(11)16)14(12)19(27)33-17(23(24,25)20(28)29)10-7-5-4-6-8-10;1-8(23)28-14-10-7-11-12(17(24)29-15(11)14)13(10)18(25)30-16(20(21,22)19(26)27)9-5-3-2-4-6-9;1-7(2)14(20(21,22)17(25)26)30-16(24)11-9-6-8-10(11)15(23)28-12(8)13(9)29-18(27)19(3,4)5;1-6(18(19,20)15(23)24)26-13(21)9-8-5-7-10(9)14(22)27-11(7)12(8)28-16(25)17(2,3)4;1-16(2,3)15(24)27-11-6-4-7-9(13(21)26-10(7)11)8(6)12(20)25-5-17(18,19)14(22)23/h10-17H,4-9H2,1-3H3,(H,28,29);9-16H,2-7H2,1H3,(H,26,27);7-14H,6H2,1-5H3,(H,25,26);6-12H,5H2,1-4H3,(H,23,24);6-11H,4-5H2,1-3H3,(H,22,23)/p-5. The van der Waals surface area contributed by atoms with Gasteiger partial charge in [0, 0.05) is 77.9 Å². The topological polar surface area (TPSA) is 595 Å². The van der Waals surface area contributed by atoms with E-state index < -0.39 is 375 Å². The first-order valence-electron chi connectivity index (χ1n) is 49.2. The molecule has 50 heteroatoms. The minimum Gasteiger partial charge on any atom is -0.544 e. The van der Waals surface area contributed by atoms with E-state index in [0.29, 0.717) is 83.5 Å². The number of rotatable bonds is 28. The van der Waals surface area contributed by atoms with Crippen LogP contribution in [0.1, 0.15) is 207 Å². The van der Waals surface area contributed by atoms with Gasteiger partial charge < -0.3 is 121 Å². The molecule has 34 atom stereocenters. The summed E-state index contributed by atoms with van der Waals surface area (Å²) >= 11 is 0. The Morgan fingerprint density at radius 1 is 0.311 bits per heavy atom. The van der Waals surface area contributed by atoms with Gasteiger partial charge in [0.25, 0.3) is 0 Å². The molecular formula is C98H117F10O40-5. The third kappa shape index (κ3) is 21.2. The van der Waals surface area contributed by atoms with Crippen LogP contribution in [0, 0.1) is 158 Å². The van der Waals surface area contributed by atoms with Crippen molar-refractivity contribution in [2.75, 3.05) is 6.61 Å². The summed E-state index contributed by atoms with van der Waals surface area (Å²) in [4.78, 5) is 240. The van der Waals surface area contributed by atoms with Crippen LogP contribution in [0.3, 0.4) is 0 Å². The molecule has 0 spiro atoms. The van der Waals surface area contributed by atoms with E-state index in [9.17, 15) is 165 Å². The number of carboxylic acid groups (broad SMARTS) is 5. The van der Waals surface area contributed by atoms with Crippen molar-refractivity contribution in [1.29, 1.82) is 0 Å². The van der Waals surface area contributed by atoms with Crippen LogP contribution in [0.15, 0.2) is 0 Å². The van der Waals surface area contributed by atoms with Crippen molar-refractivity contribution in [2.45, 2.75) is 322 Å². The highest BCUT2D eigenvalue weighted by Crippen LogP contribution is 2.65. The number of alkyl halides is 10. The van der Waals surface area contributed by atoms with E-state index in [-0.39, 0.29) is 23.7 Å². The van der Waals surface area contributed by atoms with Crippen molar-refractivity contribution >= 4 is 119 Å². The quantitative estimate of drug-likeness (QED) is 0.0617. The highest BCUT2D eigenvalue weighted by atomic mass is 19.3. The normalized spacial score (nSPS) is 34.7. The summed E-state index contributed by atoms with van der Waals surface area (Å²) in [5.41, 5.74) is -3.32. The van der Waals surface area contributed by atoms with Gasteiger partial charge >= 0.3 is 119 Å². The minimum atomic E-state index is -4.40. The van der Waals surface area contributed by atoms with Gasteiger partial charge in [0.2, 0.25) is 0 Å². The lowest BCUT2D eigenvalue weighted by Gasteiger charge is -2.37. The average Bonchev–Trinajstić information content (AvgIpc) is 1.57. The number of aliphatic carboxylic acids is 5. The van der Waals surface area contributed by atoms with Gasteiger partial charge in [-0.3, -0.25) is 71.9 Å². The van der Waals surface area contributed by atoms with Crippen LogP contribution in [0.5, 0.6) is 0 Å². The Kier molecular flexibility index (Phi) is 31.6. The van der Waals surface area contributed by atoms with E-state index >= 15 is 0 Å². The second-order valence-electron chi connectivity index (χ2n) is 46.1. The molecule has 40 nitrogen and oxygen atoms in total. The molecule has 0 aromatic rings. The molecule has 0 aromatic heterocycles. The molecule has 10 bridgehead atoms. The summed E-state index contributed by atoms with van der Waals surface area (Å²) in [6, 6.07) is 0. The third-order valence-electron chi connectivity index (χ3n) is 32.0. The van der Waals surface area contributed by atoms with Crippen molar-refractivity contribution in [3.63, 3.8) is 0 Å². The van der Waals surface area contributed by atoms with Gasteiger partial charge in [-0.2, -0.15) is 43.9 Å². The number of esters is 15. The molecule has 12 aliphatic carbocycles. The maximum atomic E-state index is 14.6. The average molecular weight is 2120 g/mol. The molecular weight excluding hydrogens is 2010 g/mol. The first-order valence-corrected chi connectivity index (χ1v) is 49.2. The zero-order valence-corrected chi connectivity index (χ0v) is 83.3. The molecule has 34 unspecified atom stereocenters. The minimum absolute atomic E-state index is 0.302. The Morgan fingerprint density at radius 3 is 0.777 bits per heavy atom. The van der Waals surface area contributed by atoms with Crippen molar-refractivity contribution in [1.82, 2.24) is 0 Å². The number of ether oxygens (including phenoxy) is 15. The lowest BCUT2D eigenvalue weighted by atomic mass is 9.78. The summed E-state index contributed by atoms with van der Waals surface area (Å²) < 4.78 is 218. The summed E-state index contributed by atoms with van der Waals surface area (Å²) in [7, 11) is 0. The zero-order valence-electron chi connectivity index (χ0n) is 83.3. The van der Waals surface area contributed by atoms with Crippen LogP contribution in [-0.4, -0.2) is 241 Å². The van der Waals surface area contributed by atoms with Crippen LogP contribution in [-0.2, 0) is 167 Å². The van der Waals surface area contributed by atoms with E-state index in [1.165, 1.54) is 20.8 Å². The van der Waals surface area contributed by atoms with E-state index in [4.69, 9.17) is 61.6 Å². The van der Waals surface area contributed by atoms with Crippen molar-refractivity contribution in [2.24, 2.45) is 158 Å². The van der Waals surface area contributed by atoms with Crippen molar-refractivity contribution < 1.29 is 236 Å². The van der Waals surface area contributed by atoms with Crippen LogP contribution < -0.4 is 25.5 Å². The van der Waals surface area contributed by atoms with Crippen LogP contribution in [0.25, 0.3) is 0 Å². The monoisotopic (exact) mass is 2120 g/mol. The molecule has 17 aliphatic rings. The molecule has 0 N–H and O–H groups in total. The number of halogens is 10. The number of fused-ring (bicyclic) bond motifs is 5. The molecule has 0 radical (unpaired) electrons. The predicted molar refractivity (Wildman–Crippen MR) is 449 cm³/mol. The summed E-state index contributed by atoms with van der Waals surface area (Å²) in [5.74, 6) is -64.4.